The summed E-state index contributed by atoms with van der Waals surface area (Å²) in [6.07, 6.45) is 0. The highest BCUT2D eigenvalue weighted by atomic mass is 35.5. The van der Waals surface area contributed by atoms with E-state index < -0.39 is 10.0 Å². The minimum atomic E-state index is -3.78. The molecule has 0 radical (unpaired) electrons. The second kappa shape index (κ2) is 5.57. The Kier molecular flexibility index (Phi) is 4.15. The van der Waals surface area contributed by atoms with Crippen LogP contribution in [0.1, 0.15) is 31.0 Å². The second-order valence-corrected chi connectivity index (χ2v) is 7.18. The maximum atomic E-state index is 12.3. The number of benzene rings is 1. The summed E-state index contributed by atoms with van der Waals surface area (Å²) in [5.41, 5.74) is 7.58. The number of hydrogen-bond acceptors (Lipinski definition) is 4. The van der Waals surface area contributed by atoms with Crippen molar-refractivity contribution in [2.45, 2.75) is 31.6 Å². The molecule has 0 atom stereocenters. The van der Waals surface area contributed by atoms with Crippen molar-refractivity contribution >= 4 is 33.1 Å². The Balaban J connectivity index is 2.33. The van der Waals surface area contributed by atoms with Gasteiger partial charge in [0, 0.05) is 22.5 Å². The van der Waals surface area contributed by atoms with Crippen molar-refractivity contribution in [3.8, 4) is 0 Å². The molecule has 1 heterocycles. The van der Waals surface area contributed by atoms with Crippen molar-refractivity contribution < 1.29 is 8.42 Å². The molecular weight excluding hydrogens is 312 g/mol. The normalized spacial score (nSPS) is 11.9. The van der Waals surface area contributed by atoms with Crippen LogP contribution in [-0.2, 0) is 10.0 Å². The Morgan fingerprint density at radius 3 is 2.52 bits per heavy atom. The fourth-order valence-electron chi connectivity index (χ4n) is 1.71. The number of anilines is 2. The molecule has 0 spiro atoms. The van der Waals surface area contributed by atoms with E-state index in [1.807, 2.05) is 13.8 Å². The number of sulfonamides is 1. The van der Waals surface area contributed by atoms with Gasteiger partial charge in [-0.3, -0.25) is 9.82 Å². The predicted molar refractivity (Wildman–Crippen MR) is 84.1 cm³/mol. The minimum Gasteiger partial charge on any atom is -0.398 e. The average Bonchev–Trinajstić information content (AvgIpc) is 2.83. The van der Waals surface area contributed by atoms with Crippen LogP contribution in [0.2, 0.25) is 5.02 Å². The van der Waals surface area contributed by atoms with Gasteiger partial charge < -0.3 is 5.73 Å². The molecule has 0 unspecified atom stereocenters. The second-order valence-electron chi connectivity index (χ2n) is 5.09. The monoisotopic (exact) mass is 328 g/mol. The number of nitrogens with one attached hydrogen (secondary N) is 2. The molecule has 1 aromatic carbocycles. The van der Waals surface area contributed by atoms with Gasteiger partial charge >= 0.3 is 0 Å². The maximum Gasteiger partial charge on any atom is 0.263 e. The first-order valence-electron chi connectivity index (χ1n) is 6.34. The van der Waals surface area contributed by atoms with Crippen LogP contribution < -0.4 is 10.5 Å². The smallest absolute Gasteiger partial charge is 0.263 e. The fourth-order valence-corrected chi connectivity index (χ4v) is 3.05. The third-order valence-electron chi connectivity index (χ3n) is 3.13. The number of nitrogen functional groups attached to an aromatic ring is 1. The van der Waals surface area contributed by atoms with Crippen molar-refractivity contribution in [2.75, 3.05) is 10.5 Å². The van der Waals surface area contributed by atoms with Crippen molar-refractivity contribution in [3.05, 3.63) is 34.5 Å². The molecule has 0 aliphatic rings. The Morgan fingerprint density at radius 2 is 2.00 bits per heavy atom. The highest BCUT2D eigenvalue weighted by Crippen LogP contribution is 2.27. The van der Waals surface area contributed by atoms with Gasteiger partial charge in [-0.1, -0.05) is 25.4 Å². The van der Waals surface area contributed by atoms with Crippen LogP contribution in [0.25, 0.3) is 0 Å². The Hall–Kier alpha value is -1.73. The van der Waals surface area contributed by atoms with Crippen molar-refractivity contribution in [2.24, 2.45) is 0 Å². The number of H-pyrrole nitrogens is 1. The summed E-state index contributed by atoms with van der Waals surface area (Å²) in [6, 6.07) is 4.40. The summed E-state index contributed by atoms with van der Waals surface area (Å²) in [4.78, 5) is 0.00435. The lowest BCUT2D eigenvalue weighted by atomic mass is 10.1. The molecule has 0 amide bonds. The molecule has 0 aliphatic heterocycles. The number of halogens is 1. The van der Waals surface area contributed by atoms with Gasteiger partial charge in [0.05, 0.1) is 4.90 Å². The van der Waals surface area contributed by atoms with Crippen molar-refractivity contribution in [3.63, 3.8) is 0 Å². The SMILES string of the molecule is Cc1c(N)cc(S(=O)(=O)Nc2cc(C(C)C)[nH]n2)cc1Cl. The predicted octanol–water partition coefficient (Wildman–Crippen LogP) is 2.88. The van der Waals surface area contributed by atoms with Gasteiger partial charge in [-0.05, 0) is 30.5 Å². The van der Waals surface area contributed by atoms with Gasteiger partial charge in [0.25, 0.3) is 10.0 Å². The average molecular weight is 329 g/mol. The summed E-state index contributed by atoms with van der Waals surface area (Å²) < 4.78 is 27.0. The van der Waals surface area contributed by atoms with Crippen LogP contribution in [0.3, 0.4) is 0 Å². The highest BCUT2D eigenvalue weighted by Gasteiger charge is 2.18. The number of rotatable bonds is 4. The minimum absolute atomic E-state index is 0.00435. The largest absolute Gasteiger partial charge is 0.398 e. The molecule has 8 heteroatoms. The number of nitrogens with zero attached hydrogens (tertiary/aromatic N) is 1. The first-order chi connectivity index (χ1) is 9.70. The van der Waals surface area contributed by atoms with Crippen LogP contribution in [0.5, 0.6) is 0 Å². The van der Waals surface area contributed by atoms with E-state index in [1.54, 1.807) is 13.0 Å². The third-order valence-corrected chi connectivity index (χ3v) is 4.85. The van der Waals surface area contributed by atoms with Crippen LogP contribution in [-0.4, -0.2) is 18.6 Å². The summed E-state index contributed by atoms with van der Waals surface area (Å²) in [5, 5.41) is 7.02. The van der Waals surface area contributed by atoms with Gasteiger partial charge in [0.2, 0.25) is 0 Å². The zero-order valence-electron chi connectivity index (χ0n) is 11.9. The molecule has 0 saturated heterocycles. The van der Waals surface area contributed by atoms with Crippen LogP contribution in [0.4, 0.5) is 11.5 Å². The quantitative estimate of drug-likeness (QED) is 0.751. The Morgan fingerprint density at radius 1 is 1.33 bits per heavy atom. The molecule has 4 N–H and O–H groups in total. The zero-order valence-corrected chi connectivity index (χ0v) is 13.5. The number of nitrogens with two attached hydrogens (primary N) is 1. The molecule has 114 valence electrons. The van der Waals surface area contributed by atoms with Crippen molar-refractivity contribution in [1.29, 1.82) is 0 Å². The lowest BCUT2D eigenvalue weighted by Crippen LogP contribution is -2.14. The van der Waals surface area contributed by atoms with Gasteiger partial charge in [-0.15, -0.1) is 0 Å². The molecule has 1 aromatic heterocycles. The summed E-state index contributed by atoms with van der Waals surface area (Å²) in [5.74, 6) is 0.453. The van der Waals surface area contributed by atoms with E-state index in [1.165, 1.54) is 12.1 Å². The van der Waals surface area contributed by atoms with E-state index in [0.29, 0.717) is 16.3 Å². The maximum absolute atomic E-state index is 12.3. The third kappa shape index (κ3) is 3.30. The molecular formula is C13H17ClN4O2S. The van der Waals surface area contributed by atoms with Gasteiger partial charge in [-0.25, -0.2) is 8.42 Å². The van der Waals surface area contributed by atoms with E-state index in [9.17, 15) is 8.42 Å². The molecule has 0 aliphatic carbocycles. The molecule has 0 bridgehead atoms. The lowest BCUT2D eigenvalue weighted by Gasteiger charge is -2.09. The summed E-state index contributed by atoms with van der Waals surface area (Å²) in [7, 11) is -3.78. The molecule has 2 aromatic rings. The molecule has 6 nitrogen and oxygen atoms in total. The fraction of sp³-hybridized carbons (Fsp3) is 0.308. The van der Waals surface area contributed by atoms with Gasteiger partial charge in [-0.2, -0.15) is 5.10 Å². The summed E-state index contributed by atoms with van der Waals surface area (Å²) in [6.45, 7) is 5.68. The summed E-state index contributed by atoms with van der Waals surface area (Å²) >= 11 is 5.98. The topological polar surface area (TPSA) is 101 Å². The first-order valence-corrected chi connectivity index (χ1v) is 8.20. The molecule has 21 heavy (non-hydrogen) atoms. The zero-order chi connectivity index (χ0) is 15.8. The number of aromatic amines is 1. The standard InChI is InChI=1S/C13H17ClN4O2S/c1-7(2)12-6-13(17-16-12)18-21(19,20)9-4-10(14)8(3)11(15)5-9/h4-7H,15H2,1-3H3,(H2,16,17,18). The van der Waals surface area contributed by atoms with Crippen molar-refractivity contribution in [1.82, 2.24) is 10.2 Å². The number of aromatic nitrogens is 2. The Bertz CT molecular complexity index is 745. The van der Waals surface area contributed by atoms with E-state index in [0.717, 1.165) is 5.69 Å². The van der Waals surface area contributed by atoms with E-state index in [2.05, 4.69) is 14.9 Å². The molecule has 2 rings (SSSR count). The van der Waals surface area contributed by atoms with Crippen LogP contribution in [0.15, 0.2) is 23.1 Å². The Labute approximate surface area is 128 Å². The van der Waals surface area contributed by atoms with Gasteiger partial charge in [0.15, 0.2) is 5.82 Å². The highest BCUT2D eigenvalue weighted by molar-refractivity contribution is 7.92. The van der Waals surface area contributed by atoms with E-state index in [4.69, 9.17) is 17.3 Å². The molecule has 0 saturated carbocycles. The van der Waals surface area contributed by atoms with Crippen LogP contribution >= 0.6 is 11.6 Å². The van der Waals surface area contributed by atoms with E-state index in [-0.39, 0.29) is 16.6 Å². The number of hydrogen-bond donors (Lipinski definition) is 3. The van der Waals surface area contributed by atoms with E-state index >= 15 is 0 Å². The lowest BCUT2D eigenvalue weighted by molar-refractivity contribution is 0.601. The first kappa shape index (κ1) is 15.7. The van der Waals surface area contributed by atoms with Gasteiger partial charge in [0.1, 0.15) is 0 Å². The molecule has 0 fully saturated rings. The van der Waals surface area contributed by atoms with Crippen LogP contribution in [0, 0.1) is 6.92 Å².